The molecule has 0 unspecified atom stereocenters. The maximum absolute atomic E-state index is 14.3. The Hall–Kier alpha value is -4.66. The monoisotopic (exact) mass is 671 g/mol. The average Bonchev–Trinajstić information content (AvgIpc) is 3.70. The molecular formula is C30H31B3ClF2N9O3. The van der Waals surface area contributed by atoms with Crippen molar-refractivity contribution in [3.8, 4) is 16.8 Å². The third kappa shape index (κ3) is 8.82. The number of rotatable bonds is 11. The van der Waals surface area contributed by atoms with E-state index >= 15 is 0 Å². The molecule has 0 bridgehead atoms. The van der Waals surface area contributed by atoms with Gasteiger partial charge in [-0.25, -0.2) is 23.2 Å². The molecule has 12 nitrogen and oxygen atoms in total. The highest BCUT2D eigenvalue weighted by Crippen LogP contribution is 2.32. The van der Waals surface area contributed by atoms with Crippen LogP contribution >= 0.6 is 11.6 Å². The average molecular weight is 672 g/mol. The molecule has 0 aliphatic rings. The van der Waals surface area contributed by atoms with Gasteiger partial charge in [0.1, 0.15) is 12.9 Å². The topological polar surface area (TPSA) is 160 Å². The van der Waals surface area contributed by atoms with Crippen LogP contribution in [0.1, 0.15) is 61.4 Å². The van der Waals surface area contributed by atoms with Crippen LogP contribution in [0.5, 0.6) is 0 Å². The number of carbonyl (C=O) groups is 2. The van der Waals surface area contributed by atoms with Gasteiger partial charge in [0.15, 0.2) is 11.8 Å². The predicted octanol–water partition coefficient (Wildman–Crippen LogP) is 3.82. The second-order valence-corrected chi connectivity index (χ2v) is 12.5. The van der Waals surface area contributed by atoms with Gasteiger partial charge < -0.3 is 16.2 Å². The number of nitrogens with two attached hydrogens (primary N) is 2. The minimum absolute atomic E-state index is 0.0306. The van der Waals surface area contributed by atoms with Crippen LogP contribution in [0.25, 0.3) is 16.8 Å². The third-order valence-corrected chi connectivity index (χ3v) is 7.41. The standard InChI is InChI=1S/C30H31B3ClF2N9O3/c1-29(2,3)10-11-39-27(37)44(26(46)18-6-4-17(5-7-18)20-13-41-43(14-20)30(31,32)33)23(15-48-28(38)47)19-8-9-21(34)22(12-19)45-25(24(35)36)40-16-42-45/h4-9,12-14,16,23-24H,10-11,15H2,1-3H3,(H2,37,39)(H2,38,47)/t23-/m1/s1. The van der Waals surface area contributed by atoms with Gasteiger partial charge in [0, 0.05) is 23.9 Å². The smallest absolute Gasteiger partial charge is 0.404 e. The van der Waals surface area contributed by atoms with Crippen LogP contribution in [-0.4, -0.2) is 84.1 Å². The van der Waals surface area contributed by atoms with Crippen LogP contribution in [0.4, 0.5) is 13.6 Å². The van der Waals surface area contributed by atoms with Crippen molar-refractivity contribution in [3.63, 3.8) is 0 Å². The van der Waals surface area contributed by atoms with Crippen molar-refractivity contribution in [1.82, 2.24) is 29.4 Å². The van der Waals surface area contributed by atoms with E-state index in [0.29, 0.717) is 17.5 Å². The first-order valence-electron chi connectivity index (χ1n) is 14.5. The number of ether oxygens (including phenoxy) is 1. The minimum atomic E-state index is -2.97. The largest absolute Gasteiger partial charge is 0.447 e. The molecule has 1 atom stereocenters. The number of primary amides is 1. The zero-order chi connectivity index (χ0) is 35.4. The van der Waals surface area contributed by atoms with Crippen LogP contribution in [0.3, 0.4) is 0 Å². The molecule has 0 aliphatic carbocycles. The molecule has 0 saturated heterocycles. The maximum Gasteiger partial charge on any atom is 0.404 e. The lowest BCUT2D eigenvalue weighted by molar-refractivity contribution is 0.0712. The van der Waals surface area contributed by atoms with Gasteiger partial charge >= 0.3 is 6.09 Å². The highest BCUT2D eigenvalue weighted by molar-refractivity contribution is 6.56. The number of amides is 2. The van der Waals surface area contributed by atoms with Crippen molar-refractivity contribution in [1.29, 1.82) is 0 Å². The Bertz CT molecular complexity index is 1790. The molecule has 2 aromatic heterocycles. The van der Waals surface area contributed by atoms with Crippen LogP contribution in [0.15, 0.2) is 66.2 Å². The number of carbonyl (C=O) groups excluding carboxylic acids is 2. The number of guanidine groups is 1. The van der Waals surface area contributed by atoms with Crippen molar-refractivity contribution >= 4 is 53.1 Å². The summed E-state index contributed by atoms with van der Waals surface area (Å²) in [6.45, 7) is 5.86. The number of hydrogen-bond donors (Lipinski definition) is 2. The van der Waals surface area contributed by atoms with Crippen LogP contribution in [0, 0.1) is 5.41 Å². The second kappa shape index (κ2) is 14.6. The molecule has 48 heavy (non-hydrogen) atoms. The molecule has 244 valence electrons. The van der Waals surface area contributed by atoms with Crippen molar-refractivity contribution in [3.05, 3.63) is 83.2 Å². The fraction of sp³-hybridized carbons (Fsp3) is 0.333. The number of hydrogen-bond acceptors (Lipinski definition) is 7. The number of nitrogens with zero attached hydrogens (tertiary/aromatic N) is 7. The summed E-state index contributed by atoms with van der Waals surface area (Å²) in [4.78, 5) is 35.3. The Balaban J connectivity index is 1.80. The van der Waals surface area contributed by atoms with Crippen LogP contribution in [-0.2, 0) is 9.97 Å². The molecule has 4 aromatic rings. The Morgan fingerprint density at radius 1 is 1.06 bits per heavy atom. The summed E-state index contributed by atoms with van der Waals surface area (Å²) in [6.07, 6.45) is 0.555. The van der Waals surface area contributed by atoms with Gasteiger partial charge in [-0.15, -0.1) is 0 Å². The van der Waals surface area contributed by atoms with E-state index in [4.69, 9.17) is 51.3 Å². The summed E-state index contributed by atoms with van der Waals surface area (Å²) < 4.78 is 34.7. The quantitative estimate of drug-likeness (QED) is 0.139. The zero-order valence-corrected chi connectivity index (χ0v) is 27.2. The van der Waals surface area contributed by atoms with Gasteiger partial charge in [-0.1, -0.05) is 50.6 Å². The van der Waals surface area contributed by atoms with Crippen molar-refractivity contribution in [2.45, 2.75) is 44.9 Å². The molecule has 0 spiro atoms. The molecule has 0 fully saturated rings. The molecule has 0 saturated carbocycles. The number of aliphatic imine (C=N–C) groups is 1. The Kier molecular flexibility index (Phi) is 11.0. The molecule has 2 amide bonds. The lowest BCUT2D eigenvalue weighted by Gasteiger charge is -2.31. The highest BCUT2D eigenvalue weighted by Gasteiger charge is 2.32. The van der Waals surface area contributed by atoms with Crippen LogP contribution in [0.2, 0.25) is 5.02 Å². The highest BCUT2D eigenvalue weighted by atomic mass is 35.5. The molecule has 2 heterocycles. The SMILES string of the molecule is [B]C([B])([B])n1cc(-c2ccc(C(=O)N(C(N)=NCCC(C)(C)C)[C@H](COC(N)=O)c3ccc(Cl)c(-n4ncnc4C(F)F)c3)cc2)cn1. The first kappa shape index (κ1) is 36.2. The summed E-state index contributed by atoms with van der Waals surface area (Å²) in [5.74, 6) is -1.47. The number of alkyl halides is 2. The van der Waals surface area contributed by atoms with E-state index in [0.717, 1.165) is 15.9 Å². The van der Waals surface area contributed by atoms with Gasteiger partial charge in [0.2, 0.25) is 0 Å². The first-order chi connectivity index (χ1) is 22.5. The van der Waals surface area contributed by atoms with E-state index in [9.17, 15) is 18.4 Å². The van der Waals surface area contributed by atoms with Crippen molar-refractivity contribution in [2.75, 3.05) is 13.2 Å². The molecular weight excluding hydrogens is 640 g/mol. The summed E-state index contributed by atoms with van der Waals surface area (Å²) in [5, 5.41) is 6.32. The molecule has 4 rings (SSSR count). The van der Waals surface area contributed by atoms with Crippen molar-refractivity contribution in [2.24, 2.45) is 21.9 Å². The molecule has 18 heteroatoms. The van der Waals surface area contributed by atoms with E-state index in [2.05, 4.69) is 20.2 Å². The Labute approximate surface area is 285 Å². The van der Waals surface area contributed by atoms with E-state index in [1.807, 2.05) is 20.8 Å². The lowest BCUT2D eigenvalue weighted by atomic mass is 9.49. The predicted molar refractivity (Wildman–Crippen MR) is 179 cm³/mol. The number of halogens is 3. The Morgan fingerprint density at radius 2 is 1.75 bits per heavy atom. The van der Waals surface area contributed by atoms with E-state index in [1.54, 1.807) is 30.5 Å². The molecule has 4 N–H and O–H groups in total. The number of benzene rings is 2. The lowest BCUT2D eigenvalue weighted by Crippen LogP contribution is -2.46. The molecule has 2 aromatic carbocycles. The van der Waals surface area contributed by atoms with Gasteiger partial charge in [0.05, 0.1) is 46.5 Å². The summed E-state index contributed by atoms with van der Waals surface area (Å²) in [5.41, 5.74) is 13.5. The van der Waals surface area contributed by atoms with Crippen LogP contribution < -0.4 is 11.5 Å². The molecule has 0 aliphatic heterocycles. The normalized spacial score (nSPS) is 13.0. The summed E-state index contributed by atoms with van der Waals surface area (Å²) in [7, 11) is 17.1. The maximum atomic E-state index is 14.3. The fourth-order valence-electron chi connectivity index (χ4n) is 4.58. The van der Waals surface area contributed by atoms with Gasteiger partial charge in [-0.3, -0.25) is 19.4 Å². The Morgan fingerprint density at radius 3 is 2.33 bits per heavy atom. The van der Waals surface area contributed by atoms with Gasteiger partial charge in [-0.2, -0.15) is 10.2 Å². The van der Waals surface area contributed by atoms with E-state index in [-0.39, 0.29) is 39.8 Å². The van der Waals surface area contributed by atoms with Gasteiger partial charge in [0.25, 0.3) is 12.3 Å². The molecule has 6 radical (unpaired) electrons. The first-order valence-corrected chi connectivity index (χ1v) is 14.9. The van der Waals surface area contributed by atoms with E-state index in [1.165, 1.54) is 29.1 Å². The summed E-state index contributed by atoms with van der Waals surface area (Å²) in [6, 6.07) is 9.63. The van der Waals surface area contributed by atoms with E-state index < -0.39 is 42.1 Å². The fourth-order valence-corrected chi connectivity index (χ4v) is 4.78. The number of aromatic nitrogens is 5. The third-order valence-electron chi connectivity index (χ3n) is 7.09. The van der Waals surface area contributed by atoms with Gasteiger partial charge in [-0.05, 0) is 52.5 Å². The minimum Gasteiger partial charge on any atom is -0.447 e. The summed E-state index contributed by atoms with van der Waals surface area (Å²) >= 11 is 6.41. The van der Waals surface area contributed by atoms with Crippen molar-refractivity contribution < 1.29 is 23.1 Å². The second-order valence-electron chi connectivity index (χ2n) is 12.1. The zero-order valence-electron chi connectivity index (χ0n) is 26.4.